The third-order valence-corrected chi connectivity index (χ3v) is 8.84. The monoisotopic (exact) mass is 754 g/mol. The molecule has 292 valence electrons. The van der Waals surface area contributed by atoms with Crippen LogP contribution >= 0.6 is 0 Å². The SMILES string of the molecule is CO[C@@H]1[C@@H](OC(N)=O)[C@@H](O)[C@H](Oc2ccc3c(O)c(NC(=O)c4cc(CC=C(C)C)c(O)c(CN(C)C(=O)CNC(C)=O)c4)c(=O)oc3c2C)OC1(C)C. The molecule has 0 aliphatic carbocycles. The summed E-state index contributed by atoms with van der Waals surface area (Å²) in [5.41, 5.74) is 4.09. The van der Waals surface area contributed by atoms with Gasteiger partial charge >= 0.3 is 11.7 Å². The molecular weight excluding hydrogens is 708 g/mol. The smallest absolute Gasteiger partial charge is 0.404 e. The van der Waals surface area contributed by atoms with Crippen LogP contribution in [0.25, 0.3) is 11.0 Å². The van der Waals surface area contributed by atoms with E-state index in [1.165, 1.54) is 57.2 Å². The van der Waals surface area contributed by atoms with E-state index in [2.05, 4.69) is 10.6 Å². The number of carbonyl (C=O) groups is 4. The van der Waals surface area contributed by atoms with Crippen molar-refractivity contribution in [3.05, 3.63) is 68.6 Å². The normalized spacial score (nSPS) is 19.1. The fraction of sp³-hybridized carbons (Fsp3) is 0.432. The molecule has 4 amide bonds. The predicted molar refractivity (Wildman–Crippen MR) is 194 cm³/mol. The van der Waals surface area contributed by atoms with E-state index in [4.69, 9.17) is 29.1 Å². The Morgan fingerprint density at radius 3 is 2.35 bits per heavy atom. The number of fused-ring (bicyclic) bond motifs is 1. The number of phenolic OH excluding ortho intramolecular Hbond substituents is 1. The van der Waals surface area contributed by atoms with E-state index in [0.717, 1.165) is 5.57 Å². The summed E-state index contributed by atoms with van der Waals surface area (Å²) in [6.07, 6.45) is -4.21. The van der Waals surface area contributed by atoms with Gasteiger partial charge in [0.25, 0.3) is 5.91 Å². The summed E-state index contributed by atoms with van der Waals surface area (Å²) >= 11 is 0. The number of methoxy groups -OCH3 is 1. The molecule has 54 heavy (non-hydrogen) atoms. The van der Waals surface area contributed by atoms with Crippen LogP contribution in [-0.2, 0) is 36.8 Å². The van der Waals surface area contributed by atoms with Gasteiger partial charge in [-0.15, -0.1) is 0 Å². The van der Waals surface area contributed by atoms with Crippen LogP contribution in [0.3, 0.4) is 0 Å². The molecule has 0 unspecified atom stereocenters. The number of allylic oxidation sites excluding steroid dienone is 2. The van der Waals surface area contributed by atoms with Crippen molar-refractivity contribution in [3.8, 4) is 17.2 Å². The summed E-state index contributed by atoms with van der Waals surface area (Å²) in [5, 5.41) is 38.2. The average Bonchev–Trinajstić information content (AvgIpc) is 3.08. The minimum absolute atomic E-state index is 0.00443. The van der Waals surface area contributed by atoms with Crippen LogP contribution in [0.15, 0.2) is 45.1 Å². The molecule has 0 bridgehead atoms. The maximum atomic E-state index is 13.6. The molecule has 17 nitrogen and oxygen atoms in total. The highest BCUT2D eigenvalue weighted by Crippen LogP contribution is 2.39. The van der Waals surface area contributed by atoms with Gasteiger partial charge in [-0.05, 0) is 70.9 Å². The zero-order valence-corrected chi connectivity index (χ0v) is 31.3. The fourth-order valence-electron chi connectivity index (χ4n) is 6.02. The van der Waals surface area contributed by atoms with Gasteiger partial charge < -0.3 is 60.0 Å². The van der Waals surface area contributed by atoms with Crippen LogP contribution in [0.4, 0.5) is 10.5 Å². The number of carbonyl (C=O) groups excluding carboxylic acids is 4. The number of nitrogens with two attached hydrogens (primary N) is 1. The Bertz CT molecular complexity index is 2040. The van der Waals surface area contributed by atoms with Crippen molar-refractivity contribution in [3.63, 3.8) is 0 Å². The van der Waals surface area contributed by atoms with Crippen molar-refractivity contribution in [2.24, 2.45) is 5.73 Å². The molecule has 2 heterocycles. The van der Waals surface area contributed by atoms with E-state index in [1.807, 2.05) is 19.9 Å². The number of rotatable bonds is 12. The van der Waals surface area contributed by atoms with Crippen molar-refractivity contribution in [2.75, 3.05) is 26.0 Å². The van der Waals surface area contributed by atoms with Gasteiger partial charge in [-0.25, -0.2) is 9.59 Å². The lowest BCUT2D eigenvalue weighted by molar-refractivity contribution is -0.304. The van der Waals surface area contributed by atoms with Crippen LogP contribution in [0.5, 0.6) is 17.2 Å². The second kappa shape index (κ2) is 16.6. The number of likely N-dealkylation sites (N-methyl/N-ethyl adjacent to an activating group) is 1. The molecule has 4 atom stereocenters. The number of anilines is 1. The number of nitrogens with zero attached hydrogens (tertiary/aromatic N) is 1. The first-order chi connectivity index (χ1) is 25.2. The molecule has 0 radical (unpaired) electrons. The number of primary amides is 1. The van der Waals surface area contributed by atoms with Crippen molar-refractivity contribution in [1.29, 1.82) is 0 Å². The molecule has 0 saturated carbocycles. The molecule has 3 aromatic rings. The summed E-state index contributed by atoms with van der Waals surface area (Å²) in [7, 11) is 2.83. The molecule has 1 fully saturated rings. The van der Waals surface area contributed by atoms with E-state index in [1.54, 1.807) is 13.8 Å². The Morgan fingerprint density at radius 2 is 1.74 bits per heavy atom. The zero-order valence-electron chi connectivity index (χ0n) is 31.3. The first kappa shape index (κ1) is 41.1. The highest BCUT2D eigenvalue weighted by Gasteiger charge is 2.53. The molecule has 2 aromatic carbocycles. The lowest BCUT2D eigenvalue weighted by atomic mass is 9.89. The second-order valence-corrected chi connectivity index (χ2v) is 13.7. The number of benzene rings is 2. The van der Waals surface area contributed by atoms with E-state index < -0.39 is 71.1 Å². The number of ether oxygens (including phenoxy) is 4. The number of hydrogen-bond donors (Lipinski definition) is 6. The van der Waals surface area contributed by atoms with Crippen LogP contribution in [0, 0.1) is 6.92 Å². The number of aromatic hydroxyl groups is 2. The Labute approximate surface area is 310 Å². The molecule has 1 aliphatic heterocycles. The predicted octanol–water partition coefficient (Wildman–Crippen LogP) is 2.72. The average molecular weight is 755 g/mol. The lowest BCUT2D eigenvalue weighted by Crippen LogP contribution is -2.65. The summed E-state index contributed by atoms with van der Waals surface area (Å²) in [5.74, 6) is -2.33. The quantitative estimate of drug-likeness (QED) is 0.115. The number of aliphatic hydroxyl groups excluding tert-OH is 1. The maximum absolute atomic E-state index is 13.6. The van der Waals surface area contributed by atoms with Crippen LogP contribution < -0.4 is 26.7 Å². The van der Waals surface area contributed by atoms with Gasteiger partial charge in [0.1, 0.15) is 23.2 Å². The molecule has 1 saturated heterocycles. The standard InChI is InChI=1S/C37H46N4O13/c1-17(2)9-10-20-13-21(14-22(27(20)44)16-41(7)25(43)15-39-19(4)42)33(47)40-26-28(45)23-11-12-24(18(3)30(23)52-34(26)48)51-35-29(46)31(53-36(38)49)32(50-8)37(5,6)54-35/h9,11-14,29,31-32,35,44-46H,10,15-16H2,1-8H3,(H2,38,49)(H,39,42)(H,40,47)/t29-,31+,32-,35-/m1/s1. The summed E-state index contributed by atoms with van der Waals surface area (Å²) in [6, 6.07) is 5.57. The van der Waals surface area contributed by atoms with Gasteiger partial charge in [0, 0.05) is 44.3 Å². The molecule has 4 rings (SSSR count). The Hall–Kier alpha value is -5.65. The first-order valence-corrected chi connectivity index (χ1v) is 16.8. The van der Waals surface area contributed by atoms with Gasteiger partial charge in [-0.3, -0.25) is 14.4 Å². The number of aryl methyl sites for hydroxylation is 1. The zero-order chi connectivity index (χ0) is 40.2. The van der Waals surface area contributed by atoms with Crippen molar-refractivity contribution in [1.82, 2.24) is 10.2 Å². The Balaban J connectivity index is 1.66. The minimum Gasteiger partial charge on any atom is -0.507 e. The van der Waals surface area contributed by atoms with E-state index in [0.29, 0.717) is 5.56 Å². The van der Waals surface area contributed by atoms with E-state index in [9.17, 15) is 39.3 Å². The molecule has 0 spiro atoms. The summed E-state index contributed by atoms with van der Waals surface area (Å²) in [6.45, 7) is 9.42. The molecular formula is C37H46N4O13. The molecule has 17 heteroatoms. The van der Waals surface area contributed by atoms with Crippen molar-refractivity contribution < 1.29 is 57.9 Å². The topological polar surface area (TPSA) is 249 Å². The highest BCUT2D eigenvalue weighted by atomic mass is 16.7. The van der Waals surface area contributed by atoms with Crippen molar-refractivity contribution >= 4 is 40.5 Å². The largest absolute Gasteiger partial charge is 0.507 e. The number of aliphatic hydroxyl groups is 1. The first-order valence-electron chi connectivity index (χ1n) is 16.8. The summed E-state index contributed by atoms with van der Waals surface area (Å²) < 4.78 is 28.0. The van der Waals surface area contributed by atoms with E-state index in [-0.39, 0.29) is 58.7 Å². The lowest BCUT2D eigenvalue weighted by Gasteiger charge is -2.47. The highest BCUT2D eigenvalue weighted by molar-refractivity contribution is 6.07. The van der Waals surface area contributed by atoms with Crippen LogP contribution in [-0.4, -0.2) is 94.9 Å². The Kier molecular flexibility index (Phi) is 12.6. The molecule has 7 N–H and O–H groups in total. The number of phenols is 1. The van der Waals surface area contributed by atoms with Crippen molar-refractivity contribution in [2.45, 2.75) is 84.7 Å². The van der Waals surface area contributed by atoms with E-state index >= 15 is 0 Å². The summed E-state index contributed by atoms with van der Waals surface area (Å²) in [4.78, 5) is 63.6. The number of amides is 4. The third kappa shape index (κ3) is 9.10. The maximum Gasteiger partial charge on any atom is 0.404 e. The van der Waals surface area contributed by atoms with Gasteiger partial charge in [0.15, 0.2) is 23.6 Å². The van der Waals surface area contributed by atoms with Gasteiger partial charge in [-0.2, -0.15) is 0 Å². The minimum atomic E-state index is -1.56. The number of nitrogens with one attached hydrogen (secondary N) is 2. The fourth-order valence-corrected chi connectivity index (χ4v) is 6.02. The van der Waals surface area contributed by atoms with Crippen LogP contribution in [0.1, 0.15) is 61.7 Å². The second-order valence-electron chi connectivity index (χ2n) is 13.7. The van der Waals surface area contributed by atoms with Gasteiger partial charge in [0.05, 0.1) is 17.5 Å². The van der Waals surface area contributed by atoms with Crippen LogP contribution in [0.2, 0.25) is 0 Å². The Morgan fingerprint density at radius 1 is 1.07 bits per heavy atom. The van der Waals surface area contributed by atoms with Gasteiger partial charge in [-0.1, -0.05) is 11.6 Å². The molecule has 1 aromatic heterocycles. The molecule has 1 aliphatic rings. The van der Waals surface area contributed by atoms with Gasteiger partial charge in [0.2, 0.25) is 18.1 Å². The number of hydrogen-bond acceptors (Lipinski definition) is 13. The third-order valence-electron chi connectivity index (χ3n) is 8.84.